The fourth-order valence-electron chi connectivity index (χ4n) is 1.73. The molecule has 2 N–H and O–H groups in total. The van der Waals surface area contributed by atoms with Gasteiger partial charge in [-0.1, -0.05) is 17.9 Å². The standard InChI is InChI=1S/C16H21NO3/c1-12(11-19)17(3)16(20)15-9-6-8-14(13(15)2)7-4-5-10-18/h6,8-9,12,18-19H,5,10-11H2,1-3H3. The topological polar surface area (TPSA) is 60.8 Å². The highest BCUT2D eigenvalue weighted by Gasteiger charge is 2.19. The van der Waals surface area contributed by atoms with Gasteiger partial charge in [-0.3, -0.25) is 4.79 Å². The average Bonchev–Trinajstić information content (AvgIpc) is 2.47. The van der Waals surface area contributed by atoms with E-state index in [-0.39, 0.29) is 25.2 Å². The van der Waals surface area contributed by atoms with E-state index in [2.05, 4.69) is 11.8 Å². The van der Waals surface area contributed by atoms with E-state index in [0.29, 0.717) is 12.0 Å². The molecule has 0 saturated carbocycles. The molecule has 0 fully saturated rings. The Balaban J connectivity index is 3.06. The van der Waals surface area contributed by atoms with Crippen LogP contribution in [0.1, 0.15) is 34.8 Å². The van der Waals surface area contributed by atoms with Crippen LogP contribution in [0.25, 0.3) is 0 Å². The Morgan fingerprint density at radius 1 is 1.40 bits per heavy atom. The van der Waals surface area contributed by atoms with Crippen molar-refractivity contribution in [1.29, 1.82) is 0 Å². The summed E-state index contributed by atoms with van der Waals surface area (Å²) in [5.74, 6) is 5.69. The van der Waals surface area contributed by atoms with Gasteiger partial charge in [0.2, 0.25) is 0 Å². The number of amides is 1. The zero-order valence-electron chi connectivity index (χ0n) is 12.2. The van der Waals surface area contributed by atoms with Crippen molar-refractivity contribution in [2.24, 2.45) is 0 Å². The van der Waals surface area contributed by atoms with Crippen LogP contribution in [-0.4, -0.2) is 47.3 Å². The van der Waals surface area contributed by atoms with Crippen LogP contribution in [0.15, 0.2) is 18.2 Å². The maximum atomic E-state index is 12.4. The van der Waals surface area contributed by atoms with Crippen molar-refractivity contribution in [2.45, 2.75) is 26.3 Å². The summed E-state index contributed by atoms with van der Waals surface area (Å²) in [4.78, 5) is 13.9. The first-order valence-corrected chi connectivity index (χ1v) is 6.60. The van der Waals surface area contributed by atoms with Gasteiger partial charge < -0.3 is 15.1 Å². The summed E-state index contributed by atoms with van der Waals surface area (Å²) in [5, 5.41) is 17.9. The molecule has 0 radical (unpaired) electrons. The molecule has 0 aromatic heterocycles. The lowest BCUT2D eigenvalue weighted by atomic mass is 10.0. The molecule has 1 amide bonds. The minimum absolute atomic E-state index is 0.0292. The lowest BCUT2D eigenvalue weighted by Gasteiger charge is -2.24. The van der Waals surface area contributed by atoms with Crippen LogP contribution in [0.3, 0.4) is 0 Å². The minimum Gasteiger partial charge on any atom is -0.395 e. The predicted octanol–water partition coefficient (Wildman–Crippen LogP) is 1.18. The molecule has 4 nitrogen and oxygen atoms in total. The quantitative estimate of drug-likeness (QED) is 0.811. The van der Waals surface area contributed by atoms with Crippen LogP contribution in [0, 0.1) is 18.8 Å². The molecule has 0 aliphatic carbocycles. The highest BCUT2D eigenvalue weighted by Crippen LogP contribution is 2.16. The van der Waals surface area contributed by atoms with Crippen LogP contribution < -0.4 is 0 Å². The van der Waals surface area contributed by atoms with Crippen molar-refractivity contribution in [1.82, 2.24) is 4.90 Å². The highest BCUT2D eigenvalue weighted by molar-refractivity contribution is 5.96. The smallest absolute Gasteiger partial charge is 0.254 e. The molecule has 0 aliphatic rings. The molecule has 0 spiro atoms. The maximum Gasteiger partial charge on any atom is 0.254 e. The number of hydrogen-bond donors (Lipinski definition) is 2. The van der Waals surface area contributed by atoms with Gasteiger partial charge in [-0.15, -0.1) is 0 Å². The summed E-state index contributed by atoms with van der Waals surface area (Å²) >= 11 is 0. The molecule has 1 aromatic rings. The first-order valence-electron chi connectivity index (χ1n) is 6.60. The van der Waals surface area contributed by atoms with Gasteiger partial charge in [0, 0.05) is 24.6 Å². The van der Waals surface area contributed by atoms with Crippen LogP contribution in [0.2, 0.25) is 0 Å². The third-order valence-corrected chi connectivity index (χ3v) is 3.27. The number of nitrogens with zero attached hydrogens (tertiary/aromatic N) is 1. The number of benzene rings is 1. The highest BCUT2D eigenvalue weighted by atomic mass is 16.3. The second-order valence-corrected chi connectivity index (χ2v) is 4.70. The van der Waals surface area contributed by atoms with E-state index in [9.17, 15) is 4.79 Å². The Bertz CT molecular complexity index is 528. The maximum absolute atomic E-state index is 12.4. The van der Waals surface area contributed by atoms with Crippen molar-refractivity contribution in [3.8, 4) is 11.8 Å². The van der Waals surface area contributed by atoms with E-state index >= 15 is 0 Å². The summed E-state index contributed by atoms with van der Waals surface area (Å²) in [7, 11) is 1.67. The van der Waals surface area contributed by atoms with Gasteiger partial charge in [-0.05, 0) is 31.5 Å². The Labute approximate surface area is 120 Å². The zero-order valence-corrected chi connectivity index (χ0v) is 12.2. The Kier molecular flexibility index (Phi) is 6.23. The van der Waals surface area contributed by atoms with Gasteiger partial charge in [-0.25, -0.2) is 0 Å². The van der Waals surface area contributed by atoms with Crippen LogP contribution >= 0.6 is 0 Å². The number of carbonyl (C=O) groups excluding carboxylic acids is 1. The summed E-state index contributed by atoms with van der Waals surface area (Å²) in [5.41, 5.74) is 2.19. The van der Waals surface area contributed by atoms with Gasteiger partial charge in [0.05, 0.1) is 19.3 Å². The Morgan fingerprint density at radius 3 is 2.70 bits per heavy atom. The fourth-order valence-corrected chi connectivity index (χ4v) is 1.73. The van der Waals surface area contributed by atoms with Crippen molar-refractivity contribution in [3.05, 3.63) is 34.9 Å². The fraction of sp³-hybridized carbons (Fsp3) is 0.438. The number of likely N-dealkylation sites (N-methyl/N-ethyl adjacent to an activating group) is 1. The molecule has 0 aliphatic heterocycles. The third-order valence-electron chi connectivity index (χ3n) is 3.27. The van der Waals surface area contributed by atoms with Gasteiger partial charge in [0.15, 0.2) is 0 Å². The van der Waals surface area contributed by atoms with Gasteiger partial charge in [0.25, 0.3) is 5.91 Å². The lowest BCUT2D eigenvalue weighted by molar-refractivity contribution is 0.0681. The Hall–Kier alpha value is -1.83. The Morgan fingerprint density at radius 2 is 2.10 bits per heavy atom. The average molecular weight is 275 g/mol. The molecule has 0 heterocycles. The molecule has 108 valence electrons. The minimum atomic E-state index is -0.231. The molecule has 1 aromatic carbocycles. The van der Waals surface area contributed by atoms with Crippen molar-refractivity contribution in [2.75, 3.05) is 20.3 Å². The monoisotopic (exact) mass is 275 g/mol. The lowest BCUT2D eigenvalue weighted by Crippen LogP contribution is -2.37. The number of hydrogen-bond acceptors (Lipinski definition) is 3. The second-order valence-electron chi connectivity index (χ2n) is 4.70. The molecule has 0 bridgehead atoms. The normalized spacial score (nSPS) is 11.4. The SMILES string of the molecule is Cc1c(C#CCCO)cccc1C(=O)N(C)C(C)CO. The summed E-state index contributed by atoms with van der Waals surface area (Å²) < 4.78 is 0. The van der Waals surface area contributed by atoms with Crippen LogP contribution in [0.5, 0.6) is 0 Å². The van der Waals surface area contributed by atoms with E-state index in [1.54, 1.807) is 26.1 Å². The number of rotatable bonds is 4. The number of carbonyl (C=O) groups is 1. The zero-order chi connectivity index (χ0) is 15.1. The molecule has 1 unspecified atom stereocenters. The first-order chi connectivity index (χ1) is 9.52. The second kappa shape index (κ2) is 7.68. The first kappa shape index (κ1) is 16.2. The van der Waals surface area contributed by atoms with E-state index in [4.69, 9.17) is 10.2 Å². The van der Waals surface area contributed by atoms with E-state index < -0.39 is 0 Å². The molecule has 1 rings (SSSR count). The van der Waals surface area contributed by atoms with E-state index in [1.807, 2.05) is 13.0 Å². The van der Waals surface area contributed by atoms with Crippen molar-refractivity contribution < 1.29 is 15.0 Å². The van der Waals surface area contributed by atoms with Crippen molar-refractivity contribution in [3.63, 3.8) is 0 Å². The molecule has 1 atom stereocenters. The molecular formula is C16H21NO3. The third kappa shape index (κ3) is 3.83. The molecule has 20 heavy (non-hydrogen) atoms. The summed E-state index contributed by atoms with van der Waals surface area (Å²) in [6.07, 6.45) is 0.416. The summed E-state index contributed by atoms with van der Waals surface area (Å²) in [6, 6.07) is 5.17. The van der Waals surface area contributed by atoms with E-state index in [1.165, 1.54) is 4.90 Å². The molecular weight excluding hydrogens is 254 g/mol. The predicted molar refractivity (Wildman–Crippen MR) is 78.4 cm³/mol. The largest absolute Gasteiger partial charge is 0.395 e. The van der Waals surface area contributed by atoms with Crippen LogP contribution in [0.4, 0.5) is 0 Å². The molecule has 4 heteroatoms. The van der Waals surface area contributed by atoms with E-state index in [0.717, 1.165) is 11.1 Å². The van der Waals surface area contributed by atoms with Gasteiger partial charge >= 0.3 is 0 Å². The van der Waals surface area contributed by atoms with Gasteiger partial charge in [-0.2, -0.15) is 0 Å². The number of aliphatic hydroxyl groups excluding tert-OH is 2. The summed E-state index contributed by atoms with van der Waals surface area (Å²) in [6.45, 7) is 3.60. The van der Waals surface area contributed by atoms with Gasteiger partial charge in [0.1, 0.15) is 0 Å². The number of aliphatic hydroxyl groups is 2. The van der Waals surface area contributed by atoms with Crippen LogP contribution in [-0.2, 0) is 0 Å². The molecule has 0 saturated heterocycles. The van der Waals surface area contributed by atoms with Crippen molar-refractivity contribution >= 4 is 5.91 Å².